The number of hydrogen-bond acceptors (Lipinski definition) is 5. The lowest BCUT2D eigenvalue weighted by molar-refractivity contribution is 0.586. The second kappa shape index (κ2) is 6.45. The number of nitrogens with zero attached hydrogens (tertiary/aromatic N) is 3. The van der Waals surface area contributed by atoms with Crippen molar-refractivity contribution in [2.45, 2.75) is 0 Å². The molecule has 24 heavy (non-hydrogen) atoms. The summed E-state index contributed by atoms with van der Waals surface area (Å²) in [7, 11) is 1.93. The van der Waals surface area contributed by atoms with Crippen LogP contribution in [0.2, 0.25) is 0 Å². The van der Waals surface area contributed by atoms with Crippen molar-refractivity contribution in [2.24, 2.45) is 0 Å². The first-order chi connectivity index (χ1) is 11.8. The van der Waals surface area contributed by atoms with Crippen molar-refractivity contribution in [3.05, 3.63) is 48.7 Å². The monoisotopic (exact) mass is 319 g/mol. The molecule has 3 aromatic rings. The molecular weight excluding hydrogens is 298 g/mol. The van der Waals surface area contributed by atoms with Gasteiger partial charge in [-0.25, -0.2) is 4.98 Å². The van der Waals surface area contributed by atoms with Crippen molar-refractivity contribution in [3.8, 4) is 11.3 Å². The Morgan fingerprint density at radius 3 is 2.62 bits per heavy atom. The molecule has 0 spiro atoms. The van der Waals surface area contributed by atoms with Gasteiger partial charge in [0.2, 0.25) is 0 Å². The van der Waals surface area contributed by atoms with Crippen LogP contribution in [-0.2, 0) is 0 Å². The Kier molecular flexibility index (Phi) is 4.01. The smallest absolute Gasteiger partial charge is 0.138 e. The van der Waals surface area contributed by atoms with E-state index in [1.54, 1.807) is 0 Å². The van der Waals surface area contributed by atoms with E-state index in [-0.39, 0.29) is 0 Å². The molecule has 0 radical (unpaired) electrons. The van der Waals surface area contributed by atoms with Gasteiger partial charge in [-0.15, -0.1) is 0 Å². The zero-order valence-corrected chi connectivity index (χ0v) is 13.8. The Labute approximate surface area is 141 Å². The number of piperazine rings is 1. The van der Waals surface area contributed by atoms with Gasteiger partial charge in [-0.3, -0.25) is 4.98 Å². The van der Waals surface area contributed by atoms with Crippen LogP contribution in [0, 0.1) is 0 Å². The molecule has 1 fully saturated rings. The van der Waals surface area contributed by atoms with Crippen LogP contribution in [0.1, 0.15) is 0 Å². The van der Waals surface area contributed by atoms with Gasteiger partial charge in [0, 0.05) is 56.1 Å². The molecular formula is C19H21N5. The van der Waals surface area contributed by atoms with Crippen LogP contribution < -0.4 is 15.5 Å². The Morgan fingerprint density at radius 1 is 1.08 bits per heavy atom. The predicted molar refractivity (Wildman–Crippen MR) is 99.6 cm³/mol. The third kappa shape index (κ3) is 2.78. The molecule has 2 aromatic heterocycles. The molecule has 0 unspecified atom stereocenters. The van der Waals surface area contributed by atoms with E-state index in [9.17, 15) is 0 Å². The molecule has 5 heteroatoms. The lowest BCUT2D eigenvalue weighted by atomic mass is 10.1. The molecule has 1 aliphatic rings. The maximum atomic E-state index is 4.99. The van der Waals surface area contributed by atoms with E-state index in [2.05, 4.69) is 56.9 Å². The molecule has 1 saturated heterocycles. The number of aromatic nitrogens is 2. The number of nitrogens with one attached hydrogen (secondary N) is 2. The second-order valence-corrected chi connectivity index (χ2v) is 5.97. The standard InChI is InChI=1S/C19H21N5/c1-20-15-6-4-14(5-7-15)17-13-18-16(3-2-8-22-18)19(23-17)24-11-9-21-10-12-24/h2-8,13,20-21H,9-12H2,1H3. The van der Waals surface area contributed by atoms with E-state index in [0.717, 1.165) is 59.8 Å². The van der Waals surface area contributed by atoms with Crippen molar-refractivity contribution in [3.63, 3.8) is 0 Å². The normalized spacial score (nSPS) is 14.8. The Morgan fingerprint density at radius 2 is 1.88 bits per heavy atom. The van der Waals surface area contributed by atoms with Crippen LogP contribution >= 0.6 is 0 Å². The molecule has 2 N–H and O–H groups in total. The average molecular weight is 319 g/mol. The number of hydrogen-bond donors (Lipinski definition) is 2. The van der Waals surface area contributed by atoms with Crippen molar-refractivity contribution in [2.75, 3.05) is 43.4 Å². The van der Waals surface area contributed by atoms with Gasteiger partial charge < -0.3 is 15.5 Å². The third-order valence-electron chi connectivity index (χ3n) is 4.47. The van der Waals surface area contributed by atoms with Gasteiger partial charge in [0.15, 0.2) is 0 Å². The fourth-order valence-corrected chi connectivity index (χ4v) is 3.13. The Hall–Kier alpha value is -2.66. The maximum absolute atomic E-state index is 4.99. The van der Waals surface area contributed by atoms with Gasteiger partial charge in [-0.05, 0) is 30.3 Å². The molecule has 1 aromatic carbocycles. The molecule has 0 saturated carbocycles. The molecule has 122 valence electrons. The maximum Gasteiger partial charge on any atom is 0.138 e. The minimum atomic E-state index is 0.970. The highest BCUT2D eigenvalue weighted by molar-refractivity contribution is 5.92. The lowest BCUT2D eigenvalue weighted by Gasteiger charge is -2.29. The van der Waals surface area contributed by atoms with E-state index in [0.29, 0.717) is 0 Å². The third-order valence-corrected chi connectivity index (χ3v) is 4.47. The van der Waals surface area contributed by atoms with Crippen molar-refractivity contribution in [1.82, 2.24) is 15.3 Å². The van der Waals surface area contributed by atoms with E-state index >= 15 is 0 Å². The molecule has 0 aliphatic carbocycles. The molecule has 3 heterocycles. The molecule has 1 aliphatic heterocycles. The fourth-order valence-electron chi connectivity index (χ4n) is 3.13. The minimum absolute atomic E-state index is 0.970. The van der Waals surface area contributed by atoms with E-state index < -0.39 is 0 Å². The molecule has 5 nitrogen and oxygen atoms in total. The molecule has 0 bridgehead atoms. The van der Waals surface area contributed by atoms with Crippen molar-refractivity contribution < 1.29 is 0 Å². The highest BCUT2D eigenvalue weighted by atomic mass is 15.2. The van der Waals surface area contributed by atoms with Crippen LogP contribution in [0.25, 0.3) is 22.2 Å². The van der Waals surface area contributed by atoms with Crippen LogP contribution in [-0.4, -0.2) is 43.2 Å². The number of fused-ring (bicyclic) bond motifs is 1. The summed E-state index contributed by atoms with van der Waals surface area (Å²) in [5, 5.41) is 7.67. The SMILES string of the molecule is CNc1ccc(-c2cc3ncccc3c(N3CCNCC3)n2)cc1. The number of anilines is 2. The highest BCUT2D eigenvalue weighted by Crippen LogP contribution is 2.29. The van der Waals surface area contributed by atoms with Gasteiger partial charge in [0.1, 0.15) is 5.82 Å². The first kappa shape index (κ1) is 14.9. The summed E-state index contributed by atoms with van der Waals surface area (Å²) >= 11 is 0. The summed E-state index contributed by atoms with van der Waals surface area (Å²) < 4.78 is 0. The van der Waals surface area contributed by atoms with Gasteiger partial charge >= 0.3 is 0 Å². The average Bonchev–Trinajstić information content (AvgIpc) is 2.68. The quantitative estimate of drug-likeness (QED) is 0.777. The van der Waals surface area contributed by atoms with Crippen LogP contribution in [0.15, 0.2) is 48.7 Å². The minimum Gasteiger partial charge on any atom is -0.388 e. The van der Waals surface area contributed by atoms with Gasteiger partial charge in [-0.2, -0.15) is 0 Å². The number of pyridine rings is 2. The summed E-state index contributed by atoms with van der Waals surface area (Å²) in [6, 6.07) is 14.5. The highest BCUT2D eigenvalue weighted by Gasteiger charge is 2.16. The summed E-state index contributed by atoms with van der Waals surface area (Å²) in [5.41, 5.74) is 4.17. The summed E-state index contributed by atoms with van der Waals surface area (Å²) in [4.78, 5) is 11.9. The van der Waals surface area contributed by atoms with E-state index in [1.165, 1.54) is 0 Å². The summed E-state index contributed by atoms with van der Waals surface area (Å²) in [6.07, 6.45) is 1.84. The largest absolute Gasteiger partial charge is 0.388 e. The fraction of sp³-hybridized carbons (Fsp3) is 0.263. The zero-order valence-electron chi connectivity index (χ0n) is 13.8. The predicted octanol–water partition coefficient (Wildman–Crippen LogP) is 2.75. The van der Waals surface area contributed by atoms with Crippen LogP contribution in [0.3, 0.4) is 0 Å². The van der Waals surface area contributed by atoms with Crippen LogP contribution in [0.5, 0.6) is 0 Å². The zero-order chi connectivity index (χ0) is 16.4. The van der Waals surface area contributed by atoms with E-state index in [4.69, 9.17) is 4.98 Å². The first-order valence-corrected chi connectivity index (χ1v) is 8.35. The topological polar surface area (TPSA) is 53.1 Å². The van der Waals surface area contributed by atoms with E-state index in [1.807, 2.05) is 19.3 Å². The van der Waals surface area contributed by atoms with Gasteiger partial charge in [0.25, 0.3) is 0 Å². The molecule has 4 rings (SSSR count). The number of benzene rings is 1. The first-order valence-electron chi connectivity index (χ1n) is 8.35. The van der Waals surface area contributed by atoms with Crippen LogP contribution in [0.4, 0.5) is 11.5 Å². The van der Waals surface area contributed by atoms with Gasteiger partial charge in [-0.1, -0.05) is 12.1 Å². The lowest BCUT2D eigenvalue weighted by Crippen LogP contribution is -2.44. The van der Waals surface area contributed by atoms with Crippen molar-refractivity contribution in [1.29, 1.82) is 0 Å². The van der Waals surface area contributed by atoms with Crippen molar-refractivity contribution >= 4 is 22.4 Å². The van der Waals surface area contributed by atoms with Gasteiger partial charge in [0.05, 0.1) is 11.2 Å². The number of rotatable bonds is 3. The summed E-state index contributed by atoms with van der Waals surface area (Å²) in [5.74, 6) is 1.04. The summed E-state index contributed by atoms with van der Waals surface area (Å²) in [6.45, 7) is 3.92. The molecule has 0 amide bonds. The molecule has 0 atom stereocenters. The second-order valence-electron chi connectivity index (χ2n) is 5.97. The Balaban J connectivity index is 1.83. The Bertz CT molecular complexity index is 838.